The van der Waals surface area contributed by atoms with Gasteiger partial charge >= 0.3 is 5.69 Å². The summed E-state index contributed by atoms with van der Waals surface area (Å²) in [6, 6.07) is 0.909. The van der Waals surface area contributed by atoms with Gasteiger partial charge in [-0.2, -0.15) is 0 Å². The molecular weight excluding hydrogens is 328 g/mol. The van der Waals surface area contributed by atoms with Crippen LogP contribution >= 0.6 is 0 Å². The molecule has 0 spiro atoms. The van der Waals surface area contributed by atoms with Crippen LogP contribution in [0.2, 0.25) is 0 Å². The fraction of sp³-hybridized carbons (Fsp3) is 0.400. The zero-order valence-electron chi connectivity index (χ0n) is 14.3. The summed E-state index contributed by atoms with van der Waals surface area (Å²) in [5, 5.41) is 6.39. The lowest BCUT2D eigenvalue weighted by atomic mass is 10.2. The summed E-state index contributed by atoms with van der Waals surface area (Å²) in [4.78, 5) is 41.3. The van der Waals surface area contributed by atoms with Crippen LogP contribution in [0.4, 0.5) is 5.82 Å². The van der Waals surface area contributed by atoms with E-state index < -0.39 is 17.3 Å². The Morgan fingerprint density at radius 1 is 1.32 bits per heavy atom. The van der Waals surface area contributed by atoms with Gasteiger partial charge in [0.05, 0.1) is 6.33 Å². The zero-order valence-corrected chi connectivity index (χ0v) is 14.3. The van der Waals surface area contributed by atoms with E-state index in [9.17, 15) is 14.4 Å². The van der Waals surface area contributed by atoms with Crippen LogP contribution in [-0.2, 0) is 18.9 Å². The third-order valence-corrected chi connectivity index (χ3v) is 4.08. The predicted molar refractivity (Wildman–Crippen MR) is 89.4 cm³/mol. The van der Waals surface area contributed by atoms with Crippen LogP contribution in [0.25, 0.3) is 11.2 Å². The molecule has 1 N–H and O–H groups in total. The van der Waals surface area contributed by atoms with Gasteiger partial charge in [-0.3, -0.25) is 18.7 Å². The number of anilines is 1. The Bertz CT molecular complexity index is 1070. The second-order valence-corrected chi connectivity index (χ2v) is 5.77. The summed E-state index contributed by atoms with van der Waals surface area (Å²) < 4.78 is 8.68. The molecule has 3 aromatic heterocycles. The average molecular weight is 346 g/mol. The topological polar surface area (TPSA) is 117 Å². The minimum atomic E-state index is -0.688. The van der Waals surface area contributed by atoms with Gasteiger partial charge in [-0.1, -0.05) is 12.1 Å². The van der Waals surface area contributed by atoms with Gasteiger partial charge in [0.15, 0.2) is 17.0 Å². The maximum absolute atomic E-state index is 12.6. The van der Waals surface area contributed by atoms with Crippen molar-refractivity contribution >= 4 is 22.9 Å². The summed E-state index contributed by atoms with van der Waals surface area (Å²) in [5.41, 5.74) is -0.544. The number of aryl methyl sites for hydroxylation is 2. The highest BCUT2D eigenvalue weighted by molar-refractivity contribution is 5.93. The van der Waals surface area contributed by atoms with E-state index in [0.29, 0.717) is 18.0 Å². The first-order valence-electron chi connectivity index (χ1n) is 7.71. The molecule has 0 saturated heterocycles. The van der Waals surface area contributed by atoms with Crippen LogP contribution in [-0.4, -0.2) is 29.7 Å². The summed E-state index contributed by atoms with van der Waals surface area (Å²) in [5.74, 6) is 0.511. The number of hydrogen-bond donors (Lipinski definition) is 1. The molecule has 1 amide bonds. The van der Waals surface area contributed by atoms with Gasteiger partial charge in [-0.15, -0.1) is 0 Å². The normalized spacial score (nSPS) is 12.5. The molecule has 0 fully saturated rings. The molecule has 132 valence electrons. The third-order valence-electron chi connectivity index (χ3n) is 4.08. The van der Waals surface area contributed by atoms with E-state index in [2.05, 4.69) is 15.5 Å². The van der Waals surface area contributed by atoms with Crippen molar-refractivity contribution in [3.05, 3.63) is 39.0 Å². The molecule has 0 aliphatic rings. The van der Waals surface area contributed by atoms with Crippen LogP contribution in [0.3, 0.4) is 0 Å². The number of imidazole rings is 1. The summed E-state index contributed by atoms with van der Waals surface area (Å²) >= 11 is 0. The number of aromatic nitrogens is 5. The first-order valence-corrected chi connectivity index (χ1v) is 7.71. The van der Waals surface area contributed by atoms with E-state index in [1.54, 1.807) is 13.0 Å². The molecule has 3 rings (SSSR count). The third kappa shape index (κ3) is 2.65. The highest BCUT2D eigenvalue weighted by Crippen LogP contribution is 2.19. The van der Waals surface area contributed by atoms with Crippen LogP contribution < -0.4 is 16.6 Å². The first-order chi connectivity index (χ1) is 11.8. The van der Waals surface area contributed by atoms with E-state index in [1.807, 2.05) is 6.92 Å². The van der Waals surface area contributed by atoms with Gasteiger partial charge in [-0.05, 0) is 13.3 Å². The fourth-order valence-corrected chi connectivity index (χ4v) is 2.74. The zero-order chi connectivity index (χ0) is 18.3. The van der Waals surface area contributed by atoms with Gasteiger partial charge in [0.2, 0.25) is 5.91 Å². The number of fused-ring (bicyclic) bond motifs is 1. The van der Waals surface area contributed by atoms with Gasteiger partial charge in [0, 0.05) is 20.2 Å². The number of carbonyl (C=O) groups excluding carboxylic acids is 1. The van der Waals surface area contributed by atoms with Crippen LogP contribution in [0.5, 0.6) is 0 Å². The minimum absolute atomic E-state index is 0.197. The molecule has 25 heavy (non-hydrogen) atoms. The van der Waals surface area contributed by atoms with Crippen LogP contribution in [0, 0.1) is 6.92 Å². The Kier molecular flexibility index (Phi) is 4.03. The van der Waals surface area contributed by atoms with E-state index in [4.69, 9.17) is 4.52 Å². The Hall–Kier alpha value is -3.17. The SMILES string of the molecule is CCC(C(=O)Nc1cc(C)on1)n1cnc2c1c(=O)n(C)c(=O)n2C. The smallest absolute Gasteiger partial charge is 0.332 e. The number of amides is 1. The molecule has 0 aliphatic heterocycles. The lowest BCUT2D eigenvalue weighted by Crippen LogP contribution is -2.38. The molecule has 10 heteroatoms. The second-order valence-electron chi connectivity index (χ2n) is 5.77. The van der Waals surface area contributed by atoms with Crippen molar-refractivity contribution in [2.24, 2.45) is 14.1 Å². The molecule has 0 aromatic carbocycles. The Morgan fingerprint density at radius 2 is 2.04 bits per heavy atom. The Labute approximate surface area is 141 Å². The van der Waals surface area contributed by atoms with E-state index >= 15 is 0 Å². The lowest BCUT2D eigenvalue weighted by molar-refractivity contribution is -0.119. The molecule has 1 unspecified atom stereocenters. The van der Waals surface area contributed by atoms with E-state index in [-0.39, 0.29) is 17.1 Å². The summed E-state index contributed by atoms with van der Waals surface area (Å²) in [7, 11) is 2.92. The van der Waals surface area contributed by atoms with Gasteiger partial charge in [0.25, 0.3) is 5.56 Å². The van der Waals surface area contributed by atoms with Crippen LogP contribution in [0.1, 0.15) is 25.1 Å². The number of hydrogen-bond acceptors (Lipinski definition) is 6. The number of rotatable bonds is 4. The molecule has 0 radical (unpaired) electrons. The van der Waals surface area contributed by atoms with Crippen molar-refractivity contribution in [3.63, 3.8) is 0 Å². The van der Waals surface area contributed by atoms with Crippen molar-refractivity contribution in [2.75, 3.05) is 5.32 Å². The minimum Gasteiger partial charge on any atom is -0.360 e. The van der Waals surface area contributed by atoms with Gasteiger partial charge < -0.3 is 14.4 Å². The first kappa shape index (κ1) is 16.7. The highest BCUT2D eigenvalue weighted by Gasteiger charge is 2.24. The van der Waals surface area contributed by atoms with Gasteiger partial charge in [-0.25, -0.2) is 9.78 Å². The monoisotopic (exact) mass is 346 g/mol. The van der Waals surface area contributed by atoms with Crippen LogP contribution in [0.15, 0.2) is 26.5 Å². The van der Waals surface area contributed by atoms with Crippen molar-refractivity contribution in [1.29, 1.82) is 0 Å². The lowest BCUT2D eigenvalue weighted by Gasteiger charge is -2.16. The molecule has 3 aromatic rings. The Balaban J connectivity index is 2.09. The van der Waals surface area contributed by atoms with Crippen molar-refractivity contribution in [3.8, 4) is 0 Å². The molecule has 0 aliphatic carbocycles. The van der Waals surface area contributed by atoms with E-state index in [0.717, 1.165) is 4.57 Å². The van der Waals surface area contributed by atoms with E-state index in [1.165, 1.54) is 29.6 Å². The van der Waals surface area contributed by atoms with Crippen molar-refractivity contribution in [1.82, 2.24) is 23.8 Å². The average Bonchev–Trinajstić information content (AvgIpc) is 3.18. The second kappa shape index (κ2) is 6.04. The summed E-state index contributed by atoms with van der Waals surface area (Å²) in [6.07, 6.45) is 1.81. The van der Waals surface area contributed by atoms with Crippen molar-refractivity contribution < 1.29 is 9.32 Å². The number of nitrogens with one attached hydrogen (secondary N) is 1. The molecule has 10 nitrogen and oxygen atoms in total. The quantitative estimate of drug-likeness (QED) is 0.727. The maximum Gasteiger partial charge on any atom is 0.332 e. The fourth-order valence-electron chi connectivity index (χ4n) is 2.74. The molecule has 0 bridgehead atoms. The highest BCUT2D eigenvalue weighted by atomic mass is 16.5. The predicted octanol–water partition coefficient (Wildman–Crippen LogP) is 0.320. The standard InChI is InChI=1S/C15H18N6O4/c1-5-9(13(22)17-10-6-8(2)25-18-10)21-7-16-12-11(21)14(23)20(4)15(24)19(12)3/h6-7,9H,5H2,1-4H3,(H,17,18,22). The molecule has 0 saturated carbocycles. The number of carbonyl (C=O) groups is 1. The van der Waals surface area contributed by atoms with Gasteiger partial charge in [0.1, 0.15) is 11.8 Å². The Morgan fingerprint density at radius 3 is 2.64 bits per heavy atom. The molecule has 3 heterocycles. The molecular formula is C15H18N6O4. The summed E-state index contributed by atoms with van der Waals surface area (Å²) in [6.45, 7) is 3.53. The largest absolute Gasteiger partial charge is 0.360 e. The van der Waals surface area contributed by atoms with Crippen molar-refractivity contribution in [2.45, 2.75) is 26.3 Å². The maximum atomic E-state index is 12.6. The number of nitrogens with zero attached hydrogens (tertiary/aromatic N) is 5. The molecule has 1 atom stereocenters.